The predicted molar refractivity (Wildman–Crippen MR) is 72.9 cm³/mol. The van der Waals surface area contributed by atoms with E-state index in [0.717, 1.165) is 18.1 Å². The van der Waals surface area contributed by atoms with Crippen LogP contribution in [0.3, 0.4) is 0 Å². The third kappa shape index (κ3) is 2.04. The van der Waals surface area contributed by atoms with E-state index in [4.69, 9.17) is 5.73 Å². The number of hydrogen-bond acceptors (Lipinski definition) is 4. The number of rotatable bonds is 2. The molecule has 0 spiro atoms. The van der Waals surface area contributed by atoms with Gasteiger partial charge in [0.15, 0.2) is 0 Å². The van der Waals surface area contributed by atoms with Crippen molar-refractivity contribution in [3.8, 4) is 0 Å². The summed E-state index contributed by atoms with van der Waals surface area (Å²) in [7, 11) is 0. The number of nitrogens with two attached hydrogens (primary N) is 1. The van der Waals surface area contributed by atoms with Gasteiger partial charge in [0.25, 0.3) is 0 Å². The highest BCUT2D eigenvalue weighted by Crippen LogP contribution is 2.42. The lowest BCUT2D eigenvalue weighted by molar-refractivity contribution is 0.311. The van der Waals surface area contributed by atoms with Crippen LogP contribution in [-0.4, -0.2) is 26.3 Å². The first-order valence-corrected chi connectivity index (χ1v) is 6.73. The Labute approximate surface area is 112 Å². The largest absolute Gasteiger partial charge is 0.330 e. The lowest BCUT2D eigenvalue weighted by atomic mass is 9.79. The fraction of sp³-hybridized carbons (Fsp3) is 0.500. The number of nitrogens with zero attached hydrogens (tertiary/aromatic N) is 4. The minimum atomic E-state index is 0.224. The van der Waals surface area contributed by atoms with Gasteiger partial charge in [0.05, 0.1) is 6.04 Å². The van der Waals surface area contributed by atoms with Crippen molar-refractivity contribution in [3.05, 3.63) is 41.7 Å². The standard InChI is InChI=1S/C14H19N5/c1-9-6-12(11-4-3-5-16-8-11)13(7-15)14-17-10(2)18-19(9)14/h3-5,8-9,12-13H,6-7,15H2,1-2H3. The fourth-order valence-electron chi connectivity index (χ4n) is 3.07. The summed E-state index contributed by atoms with van der Waals surface area (Å²) in [4.78, 5) is 8.81. The highest BCUT2D eigenvalue weighted by atomic mass is 15.4. The van der Waals surface area contributed by atoms with Crippen LogP contribution in [0.15, 0.2) is 24.5 Å². The van der Waals surface area contributed by atoms with Crippen molar-refractivity contribution in [2.45, 2.75) is 38.1 Å². The monoisotopic (exact) mass is 257 g/mol. The van der Waals surface area contributed by atoms with E-state index in [9.17, 15) is 0 Å². The smallest absolute Gasteiger partial charge is 0.147 e. The first-order chi connectivity index (χ1) is 9.20. The fourth-order valence-corrected chi connectivity index (χ4v) is 3.07. The Hall–Kier alpha value is -1.75. The average molecular weight is 257 g/mol. The van der Waals surface area contributed by atoms with E-state index >= 15 is 0 Å². The summed E-state index contributed by atoms with van der Waals surface area (Å²) in [5.41, 5.74) is 7.25. The molecule has 0 aromatic carbocycles. The van der Waals surface area contributed by atoms with Crippen molar-refractivity contribution in [1.82, 2.24) is 19.7 Å². The van der Waals surface area contributed by atoms with E-state index in [-0.39, 0.29) is 5.92 Å². The van der Waals surface area contributed by atoms with Crippen molar-refractivity contribution >= 4 is 0 Å². The van der Waals surface area contributed by atoms with Crippen molar-refractivity contribution in [2.24, 2.45) is 5.73 Å². The van der Waals surface area contributed by atoms with Crippen LogP contribution in [0.4, 0.5) is 0 Å². The molecule has 5 nitrogen and oxygen atoms in total. The van der Waals surface area contributed by atoms with Crippen LogP contribution in [0.1, 0.15) is 48.4 Å². The summed E-state index contributed by atoms with van der Waals surface area (Å²) in [6.45, 7) is 4.71. The molecule has 19 heavy (non-hydrogen) atoms. The first-order valence-electron chi connectivity index (χ1n) is 6.73. The lowest BCUT2D eigenvalue weighted by Crippen LogP contribution is -2.31. The zero-order valence-corrected chi connectivity index (χ0v) is 11.3. The third-order valence-corrected chi connectivity index (χ3v) is 3.96. The van der Waals surface area contributed by atoms with Gasteiger partial charge in [0, 0.05) is 24.9 Å². The molecule has 3 atom stereocenters. The number of aryl methyl sites for hydroxylation is 1. The van der Waals surface area contributed by atoms with E-state index in [0.29, 0.717) is 18.5 Å². The number of pyridine rings is 1. The number of aromatic nitrogens is 4. The SMILES string of the molecule is Cc1nc2n(n1)C(C)CC(c1cccnc1)C2CN. The van der Waals surface area contributed by atoms with E-state index < -0.39 is 0 Å². The van der Waals surface area contributed by atoms with Crippen LogP contribution < -0.4 is 5.73 Å². The Morgan fingerprint density at radius 2 is 2.32 bits per heavy atom. The topological polar surface area (TPSA) is 69.6 Å². The Kier molecular flexibility index (Phi) is 3.06. The van der Waals surface area contributed by atoms with Gasteiger partial charge in [-0.3, -0.25) is 4.98 Å². The first kappa shape index (κ1) is 12.3. The van der Waals surface area contributed by atoms with Crippen molar-refractivity contribution in [2.75, 3.05) is 6.54 Å². The third-order valence-electron chi connectivity index (χ3n) is 3.96. The molecule has 2 N–H and O–H groups in total. The summed E-state index contributed by atoms with van der Waals surface area (Å²) in [6.07, 6.45) is 4.78. The summed E-state index contributed by atoms with van der Waals surface area (Å²) >= 11 is 0. The van der Waals surface area contributed by atoms with E-state index in [1.165, 1.54) is 5.56 Å². The molecule has 2 aromatic rings. The molecule has 0 fully saturated rings. The summed E-state index contributed by atoms with van der Waals surface area (Å²) in [5.74, 6) is 2.45. The van der Waals surface area contributed by atoms with Crippen LogP contribution in [0, 0.1) is 6.92 Å². The van der Waals surface area contributed by atoms with Gasteiger partial charge in [-0.05, 0) is 37.8 Å². The molecule has 1 aliphatic rings. The molecule has 3 unspecified atom stereocenters. The van der Waals surface area contributed by atoms with Gasteiger partial charge >= 0.3 is 0 Å². The van der Waals surface area contributed by atoms with Gasteiger partial charge in [0.2, 0.25) is 0 Å². The molecule has 0 aliphatic carbocycles. The Morgan fingerprint density at radius 1 is 1.47 bits per heavy atom. The van der Waals surface area contributed by atoms with Crippen LogP contribution in [0.5, 0.6) is 0 Å². The normalized spacial score (nSPS) is 26.2. The maximum absolute atomic E-state index is 6.00. The molecule has 5 heteroatoms. The van der Waals surface area contributed by atoms with Gasteiger partial charge in [-0.15, -0.1) is 0 Å². The van der Waals surface area contributed by atoms with Gasteiger partial charge in [-0.1, -0.05) is 6.07 Å². The second kappa shape index (κ2) is 4.74. The van der Waals surface area contributed by atoms with Crippen LogP contribution in [0.25, 0.3) is 0 Å². The number of fused-ring (bicyclic) bond motifs is 1. The summed E-state index contributed by atoms with van der Waals surface area (Å²) in [6, 6.07) is 4.47. The highest BCUT2D eigenvalue weighted by molar-refractivity contribution is 5.23. The molecule has 100 valence electrons. The zero-order chi connectivity index (χ0) is 13.4. The van der Waals surface area contributed by atoms with Gasteiger partial charge < -0.3 is 5.73 Å². The maximum Gasteiger partial charge on any atom is 0.147 e. The van der Waals surface area contributed by atoms with Gasteiger partial charge in [-0.2, -0.15) is 5.10 Å². The molecular weight excluding hydrogens is 238 g/mol. The molecule has 0 bridgehead atoms. The summed E-state index contributed by atoms with van der Waals surface area (Å²) < 4.78 is 2.04. The molecule has 0 radical (unpaired) electrons. The molecule has 3 rings (SSSR count). The van der Waals surface area contributed by atoms with Crippen molar-refractivity contribution in [1.29, 1.82) is 0 Å². The van der Waals surface area contributed by atoms with E-state index in [1.54, 1.807) is 6.20 Å². The van der Waals surface area contributed by atoms with E-state index in [1.807, 2.05) is 23.9 Å². The maximum atomic E-state index is 6.00. The highest BCUT2D eigenvalue weighted by Gasteiger charge is 2.35. The second-order valence-corrected chi connectivity index (χ2v) is 5.28. The lowest BCUT2D eigenvalue weighted by Gasteiger charge is -2.34. The van der Waals surface area contributed by atoms with Crippen LogP contribution in [0.2, 0.25) is 0 Å². The van der Waals surface area contributed by atoms with Crippen molar-refractivity contribution in [3.63, 3.8) is 0 Å². The van der Waals surface area contributed by atoms with Gasteiger partial charge in [-0.25, -0.2) is 9.67 Å². The molecule has 0 saturated carbocycles. The molecule has 0 saturated heterocycles. The number of hydrogen-bond donors (Lipinski definition) is 1. The van der Waals surface area contributed by atoms with Crippen molar-refractivity contribution < 1.29 is 0 Å². The summed E-state index contributed by atoms with van der Waals surface area (Å²) in [5, 5.41) is 4.49. The molecule has 1 aliphatic heterocycles. The molecule has 0 amide bonds. The minimum absolute atomic E-state index is 0.224. The zero-order valence-electron chi connectivity index (χ0n) is 11.3. The quantitative estimate of drug-likeness (QED) is 0.890. The van der Waals surface area contributed by atoms with E-state index in [2.05, 4.69) is 28.1 Å². The van der Waals surface area contributed by atoms with Crippen LogP contribution in [-0.2, 0) is 0 Å². The Bertz CT molecular complexity index is 562. The Balaban J connectivity index is 2.04. The molecule has 2 aromatic heterocycles. The van der Waals surface area contributed by atoms with Gasteiger partial charge in [0.1, 0.15) is 11.6 Å². The second-order valence-electron chi connectivity index (χ2n) is 5.28. The predicted octanol–water partition coefficient (Wildman–Crippen LogP) is 1.77. The average Bonchev–Trinajstić information content (AvgIpc) is 2.82. The molecule has 3 heterocycles. The minimum Gasteiger partial charge on any atom is -0.330 e. The van der Waals surface area contributed by atoms with Crippen LogP contribution >= 0.6 is 0 Å². The Morgan fingerprint density at radius 3 is 3.00 bits per heavy atom. The molecular formula is C14H19N5.